The molecule has 2 amide bonds. The average molecular weight is 258 g/mol. The fourth-order valence-corrected chi connectivity index (χ4v) is 1.71. The second-order valence-electron chi connectivity index (χ2n) is 3.98. The van der Waals surface area contributed by atoms with E-state index < -0.39 is 12.0 Å². The SMILES string of the molecule is CNC(=O)C1COCCN1C(=O)C(C)C(N)=NO. The summed E-state index contributed by atoms with van der Waals surface area (Å²) in [4.78, 5) is 25.2. The van der Waals surface area contributed by atoms with Crippen molar-refractivity contribution >= 4 is 17.6 Å². The predicted octanol–water partition coefficient (Wildman–Crippen LogP) is -1.66. The number of rotatable bonds is 3. The lowest BCUT2D eigenvalue weighted by Crippen LogP contribution is -2.57. The number of hydrogen-bond donors (Lipinski definition) is 3. The summed E-state index contributed by atoms with van der Waals surface area (Å²) >= 11 is 0. The van der Waals surface area contributed by atoms with E-state index in [0.29, 0.717) is 13.2 Å². The van der Waals surface area contributed by atoms with Gasteiger partial charge in [-0.1, -0.05) is 5.16 Å². The van der Waals surface area contributed by atoms with Gasteiger partial charge in [-0.15, -0.1) is 0 Å². The minimum absolute atomic E-state index is 0.147. The molecule has 4 N–H and O–H groups in total. The van der Waals surface area contributed by atoms with Gasteiger partial charge in [0.15, 0.2) is 5.84 Å². The summed E-state index contributed by atoms with van der Waals surface area (Å²) in [6.07, 6.45) is 0. The van der Waals surface area contributed by atoms with E-state index in [-0.39, 0.29) is 24.3 Å². The smallest absolute Gasteiger partial charge is 0.244 e. The maximum absolute atomic E-state index is 12.1. The van der Waals surface area contributed by atoms with E-state index >= 15 is 0 Å². The summed E-state index contributed by atoms with van der Waals surface area (Å²) in [7, 11) is 1.49. The van der Waals surface area contributed by atoms with Crippen LogP contribution in [-0.2, 0) is 14.3 Å². The molecule has 0 spiro atoms. The predicted molar refractivity (Wildman–Crippen MR) is 63.0 cm³/mol. The van der Waals surface area contributed by atoms with Crippen molar-refractivity contribution in [2.75, 3.05) is 26.8 Å². The highest BCUT2D eigenvalue weighted by atomic mass is 16.5. The lowest BCUT2D eigenvalue weighted by atomic mass is 10.1. The van der Waals surface area contributed by atoms with Gasteiger partial charge in [0.25, 0.3) is 0 Å². The van der Waals surface area contributed by atoms with Crippen molar-refractivity contribution in [2.24, 2.45) is 16.8 Å². The second kappa shape index (κ2) is 6.20. The fourth-order valence-electron chi connectivity index (χ4n) is 1.71. The van der Waals surface area contributed by atoms with E-state index in [2.05, 4.69) is 10.5 Å². The highest BCUT2D eigenvalue weighted by Gasteiger charge is 2.35. The number of nitrogens with zero attached hydrogens (tertiary/aromatic N) is 2. The van der Waals surface area contributed by atoms with Crippen molar-refractivity contribution in [1.29, 1.82) is 0 Å². The summed E-state index contributed by atoms with van der Waals surface area (Å²) in [6.45, 7) is 2.34. The highest BCUT2D eigenvalue weighted by Crippen LogP contribution is 2.12. The first kappa shape index (κ1) is 14.2. The Morgan fingerprint density at radius 3 is 2.83 bits per heavy atom. The molecule has 2 atom stereocenters. The third-order valence-corrected chi connectivity index (χ3v) is 2.89. The first-order chi connectivity index (χ1) is 8.52. The minimum atomic E-state index is -0.778. The van der Waals surface area contributed by atoms with Crippen LogP contribution in [0.3, 0.4) is 0 Å². The molecule has 1 aliphatic heterocycles. The minimum Gasteiger partial charge on any atom is -0.409 e. The van der Waals surface area contributed by atoms with E-state index in [1.807, 2.05) is 0 Å². The third-order valence-electron chi connectivity index (χ3n) is 2.89. The van der Waals surface area contributed by atoms with E-state index in [0.717, 1.165) is 0 Å². The molecule has 0 bridgehead atoms. The number of oxime groups is 1. The largest absolute Gasteiger partial charge is 0.409 e. The molecular weight excluding hydrogens is 240 g/mol. The number of carbonyl (C=O) groups is 2. The number of likely N-dealkylation sites (N-methyl/N-ethyl adjacent to an activating group) is 1. The molecule has 8 heteroatoms. The molecule has 0 aromatic rings. The van der Waals surface area contributed by atoms with Crippen LogP contribution in [0.1, 0.15) is 6.92 Å². The highest BCUT2D eigenvalue weighted by molar-refractivity contribution is 6.03. The van der Waals surface area contributed by atoms with Gasteiger partial charge in [0, 0.05) is 13.6 Å². The van der Waals surface area contributed by atoms with Crippen LogP contribution in [-0.4, -0.2) is 60.6 Å². The number of morpholine rings is 1. The summed E-state index contributed by atoms with van der Waals surface area (Å²) in [5.74, 6) is -1.61. The van der Waals surface area contributed by atoms with Crippen LogP contribution in [0.4, 0.5) is 0 Å². The van der Waals surface area contributed by atoms with Crippen molar-refractivity contribution < 1.29 is 19.5 Å². The van der Waals surface area contributed by atoms with Crippen molar-refractivity contribution in [3.05, 3.63) is 0 Å². The van der Waals surface area contributed by atoms with Crippen LogP contribution in [0.15, 0.2) is 5.16 Å². The Balaban J connectivity index is 2.83. The van der Waals surface area contributed by atoms with Gasteiger partial charge in [0.2, 0.25) is 11.8 Å². The van der Waals surface area contributed by atoms with Crippen molar-refractivity contribution in [1.82, 2.24) is 10.2 Å². The molecule has 1 heterocycles. The molecule has 0 aromatic carbocycles. The van der Waals surface area contributed by atoms with Crippen LogP contribution in [0.5, 0.6) is 0 Å². The number of nitrogens with two attached hydrogens (primary N) is 1. The lowest BCUT2D eigenvalue weighted by Gasteiger charge is -2.35. The van der Waals surface area contributed by atoms with Gasteiger partial charge in [0.1, 0.15) is 6.04 Å². The quantitative estimate of drug-likeness (QED) is 0.242. The van der Waals surface area contributed by atoms with E-state index in [1.165, 1.54) is 18.9 Å². The standard InChI is InChI=1S/C10H18N4O4/c1-6(8(11)13-17)10(16)14-3-4-18-5-7(14)9(15)12-2/h6-7,17H,3-5H2,1-2H3,(H2,11,13)(H,12,15). The summed E-state index contributed by atoms with van der Waals surface area (Å²) < 4.78 is 5.19. The summed E-state index contributed by atoms with van der Waals surface area (Å²) in [6, 6.07) is -0.676. The zero-order valence-corrected chi connectivity index (χ0v) is 10.4. The van der Waals surface area contributed by atoms with Crippen LogP contribution in [0, 0.1) is 5.92 Å². The molecule has 0 aromatic heterocycles. The van der Waals surface area contributed by atoms with Gasteiger partial charge in [-0.3, -0.25) is 9.59 Å². The van der Waals surface area contributed by atoms with Crippen LogP contribution in [0.25, 0.3) is 0 Å². The fraction of sp³-hybridized carbons (Fsp3) is 0.700. The van der Waals surface area contributed by atoms with Gasteiger partial charge in [-0.25, -0.2) is 0 Å². The van der Waals surface area contributed by atoms with E-state index in [1.54, 1.807) is 0 Å². The lowest BCUT2D eigenvalue weighted by molar-refractivity contribution is -0.149. The zero-order chi connectivity index (χ0) is 13.7. The van der Waals surface area contributed by atoms with Gasteiger partial charge >= 0.3 is 0 Å². The maximum Gasteiger partial charge on any atom is 0.244 e. The molecule has 2 unspecified atom stereocenters. The van der Waals surface area contributed by atoms with E-state index in [4.69, 9.17) is 15.7 Å². The Morgan fingerprint density at radius 2 is 2.28 bits per heavy atom. The van der Waals surface area contributed by atoms with Crippen LogP contribution >= 0.6 is 0 Å². The third kappa shape index (κ3) is 2.89. The van der Waals surface area contributed by atoms with Crippen molar-refractivity contribution in [3.63, 3.8) is 0 Å². The molecule has 102 valence electrons. The number of carbonyl (C=O) groups excluding carboxylic acids is 2. The Labute approximate surface area is 105 Å². The Hall–Kier alpha value is -1.83. The first-order valence-electron chi connectivity index (χ1n) is 5.60. The summed E-state index contributed by atoms with van der Waals surface area (Å²) in [5, 5.41) is 13.8. The summed E-state index contributed by atoms with van der Waals surface area (Å²) in [5.41, 5.74) is 5.40. The van der Waals surface area contributed by atoms with E-state index in [9.17, 15) is 9.59 Å². The van der Waals surface area contributed by atoms with Crippen molar-refractivity contribution in [2.45, 2.75) is 13.0 Å². The molecule has 1 aliphatic rings. The number of amides is 2. The Kier molecular flexibility index (Phi) is 4.90. The number of amidine groups is 1. The molecule has 1 rings (SSSR count). The monoisotopic (exact) mass is 258 g/mol. The Bertz CT molecular complexity index is 358. The molecule has 1 saturated heterocycles. The van der Waals surface area contributed by atoms with Gasteiger partial charge in [0.05, 0.1) is 19.1 Å². The topological polar surface area (TPSA) is 117 Å². The van der Waals surface area contributed by atoms with Crippen molar-refractivity contribution in [3.8, 4) is 0 Å². The molecule has 0 aliphatic carbocycles. The first-order valence-corrected chi connectivity index (χ1v) is 5.60. The zero-order valence-electron chi connectivity index (χ0n) is 10.4. The maximum atomic E-state index is 12.1. The average Bonchev–Trinajstić information content (AvgIpc) is 2.43. The normalized spacial score (nSPS) is 22.4. The number of nitrogens with one attached hydrogen (secondary N) is 1. The van der Waals surface area contributed by atoms with Gasteiger partial charge in [-0.05, 0) is 6.92 Å². The molecule has 0 saturated carbocycles. The number of ether oxygens (including phenoxy) is 1. The molecule has 0 radical (unpaired) electrons. The molecule has 18 heavy (non-hydrogen) atoms. The Morgan fingerprint density at radius 1 is 1.61 bits per heavy atom. The van der Waals surface area contributed by atoms with Gasteiger partial charge in [-0.2, -0.15) is 0 Å². The van der Waals surface area contributed by atoms with Crippen LogP contribution < -0.4 is 11.1 Å². The van der Waals surface area contributed by atoms with Gasteiger partial charge < -0.3 is 25.9 Å². The second-order valence-corrected chi connectivity index (χ2v) is 3.98. The number of hydrogen-bond acceptors (Lipinski definition) is 5. The molecule has 8 nitrogen and oxygen atoms in total. The molecular formula is C10H18N4O4. The van der Waals surface area contributed by atoms with Crippen LogP contribution in [0.2, 0.25) is 0 Å². The molecule has 1 fully saturated rings.